The Morgan fingerprint density at radius 3 is 2.80 bits per heavy atom. The molecular formula is C11H13F2NO. The van der Waals surface area contributed by atoms with Crippen molar-refractivity contribution in [1.29, 1.82) is 0 Å². The molecular weight excluding hydrogens is 200 g/mol. The Morgan fingerprint density at radius 1 is 1.33 bits per heavy atom. The summed E-state index contributed by atoms with van der Waals surface area (Å²) in [6, 6.07) is 2.08. The highest BCUT2D eigenvalue weighted by Crippen LogP contribution is 2.27. The van der Waals surface area contributed by atoms with E-state index in [1.807, 2.05) is 0 Å². The average Bonchev–Trinajstić information content (AvgIpc) is 2.46. The summed E-state index contributed by atoms with van der Waals surface area (Å²) < 4.78 is 32.4. The molecule has 1 aliphatic rings. The molecule has 0 aromatic heterocycles. The molecule has 1 atom stereocenters. The molecule has 4 heteroatoms. The van der Waals surface area contributed by atoms with Crippen LogP contribution < -0.4 is 5.32 Å². The van der Waals surface area contributed by atoms with Crippen LogP contribution in [0.4, 0.5) is 8.78 Å². The molecule has 0 amide bonds. The first-order valence-corrected chi connectivity index (χ1v) is 4.96. The van der Waals surface area contributed by atoms with Crippen molar-refractivity contribution in [2.24, 2.45) is 0 Å². The maximum Gasteiger partial charge on any atom is 0.128 e. The Morgan fingerprint density at radius 2 is 2.07 bits per heavy atom. The van der Waals surface area contributed by atoms with Gasteiger partial charge < -0.3 is 10.1 Å². The second-order valence-corrected chi connectivity index (χ2v) is 3.59. The third-order valence-corrected chi connectivity index (χ3v) is 2.72. The maximum atomic E-state index is 13.6. The van der Waals surface area contributed by atoms with E-state index in [0.717, 1.165) is 0 Å². The van der Waals surface area contributed by atoms with E-state index in [0.29, 0.717) is 30.8 Å². The number of hydrogen-bond acceptors (Lipinski definition) is 2. The fraction of sp³-hybridized carbons (Fsp3) is 0.455. The lowest BCUT2D eigenvalue weighted by Crippen LogP contribution is -2.22. The molecule has 0 saturated heterocycles. The molecule has 1 aliphatic heterocycles. The van der Waals surface area contributed by atoms with Crippen molar-refractivity contribution < 1.29 is 13.5 Å². The van der Waals surface area contributed by atoms with E-state index in [4.69, 9.17) is 4.74 Å². The molecule has 1 unspecified atom stereocenters. The van der Waals surface area contributed by atoms with Gasteiger partial charge in [-0.25, -0.2) is 8.78 Å². The highest BCUT2D eigenvalue weighted by molar-refractivity contribution is 5.34. The summed E-state index contributed by atoms with van der Waals surface area (Å²) in [7, 11) is 1.72. The van der Waals surface area contributed by atoms with Crippen LogP contribution in [0.15, 0.2) is 12.1 Å². The van der Waals surface area contributed by atoms with E-state index in [9.17, 15) is 8.78 Å². The van der Waals surface area contributed by atoms with E-state index >= 15 is 0 Å². The Balaban J connectivity index is 2.54. The van der Waals surface area contributed by atoms with Gasteiger partial charge in [0.2, 0.25) is 0 Å². The van der Waals surface area contributed by atoms with E-state index < -0.39 is 0 Å². The first kappa shape index (κ1) is 10.5. The number of hydrogen-bond donors (Lipinski definition) is 1. The highest BCUT2D eigenvalue weighted by atomic mass is 19.1. The standard InChI is InChI=1S/C11H13F2NO/c1-14-10-6-15-5-4-7-8(12)2-3-9(13)11(7)10/h2-3,10,14H,4-6H2,1H3. The van der Waals surface area contributed by atoms with Gasteiger partial charge in [0.25, 0.3) is 0 Å². The second kappa shape index (κ2) is 4.24. The normalized spacial score (nSPS) is 20.9. The smallest absolute Gasteiger partial charge is 0.128 e. The molecule has 0 radical (unpaired) electrons. The lowest BCUT2D eigenvalue weighted by molar-refractivity contribution is 0.123. The van der Waals surface area contributed by atoms with Crippen molar-refractivity contribution in [2.45, 2.75) is 12.5 Å². The van der Waals surface area contributed by atoms with Gasteiger partial charge in [-0.15, -0.1) is 0 Å². The second-order valence-electron chi connectivity index (χ2n) is 3.59. The van der Waals surface area contributed by atoms with Gasteiger partial charge in [0.05, 0.1) is 19.3 Å². The number of halogens is 2. The predicted octanol–water partition coefficient (Wildman–Crippen LogP) is 1.80. The lowest BCUT2D eigenvalue weighted by atomic mass is 9.98. The van der Waals surface area contributed by atoms with Crippen molar-refractivity contribution in [3.63, 3.8) is 0 Å². The third-order valence-electron chi connectivity index (χ3n) is 2.72. The average molecular weight is 213 g/mol. The van der Waals surface area contributed by atoms with Gasteiger partial charge in [-0.05, 0) is 31.2 Å². The molecule has 1 heterocycles. The van der Waals surface area contributed by atoms with Crippen molar-refractivity contribution in [3.8, 4) is 0 Å². The van der Waals surface area contributed by atoms with Crippen LogP contribution in [0.3, 0.4) is 0 Å². The van der Waals surface area contributed by atoms with Gasteiger partial charge in [-0.1, -0.05) is 0 Å². The fourth-order valence-electron chi connectivity index (χ4n) is 1.93. The number of nitrogens with one attached hydrogen (secondary N) is 1. The third kappa shape index (κ3) is 1.87. The largest absolute Gasteiger partial charge is 0.379 e. The summed E-state index contributed by atoms with van der Waals surface area (Å²) >= 11 is 0. The van der Waals surface area contributed by atoms with E-state index in [-0.39, 0.29) is 17.7 Å². The molecule has 82 valence electrons. The fourth-order valence-corrected chi connectivity index (χ4v) is 1.93. The summed E-state index contributed by atoms with van der Waals surface area (Å²) in [5.74, 6) is -0.714. The highest BCUT2D eigenvalue weighted by Gasteiger charge is 2.23. The zero-order valence-electron chi connectivity index (χ0n) is 8.52. The zero-order chi connectivity index (χ0) is 10.8. The molecule has 1 aromatic rings. The van der Waals surface area contributed by atoms with Crippen molar-refractivity contribution in [3.05, 3.63) is 34.9 Å². The first-order valence-electron chi connectivity index (χ1n) is 4.96. The Labute approximate surface area is 87.2 Å². The Bertz CT molecular complexity index is 368. The molecule has 0 bridgehead atoms. The molecule has 0 saturated carbocycles. The Hall–Kier alpha value is -1.00. The van der Waals surface area contributed by atoms with Crippen LogP contribution in [0.1, 0.15) is 17.2 Å². The molecule has 2 rings (SSSR count). The zero-order valence-corrected chi connectivity index (χ0v) is 8.52. The summed E-state index contributed by atoms with van der Waals surface area (Å²) in [4.78, 5) is 0. The van der Waals surface area contributed by atoms with Gasteiger partial charge in [0.1, 0.15) is 11.6 Å². The van der Waals surface area contributed by atoms with Crippen LogP contribution in [0.2, 0.25) is 0 Å². The summed E-state index contributed by atoms with van der Waals surface area (Å²) in [5.41, 5.74) is 0.849. The van der Waals surface area contributed by atoms with Gasteiger partial charge in [0.15, 0.2) is 0 Å². The van der Waals surface area contributed by atoms with E-state index in [1.54, 1.807) is 7.05 Å². The van der Waals surface area contributed by atoms with Gasteiger partial charge in [-0.3, -0.25) is 0 Å². The minimum atomic E-state index is -0.365. The van der Waals surface area contributed by atoms with Gasteiger partial charge in [-0.2, -0.15) is 0 Å². The maximum absolute atomic E-state index is 13.6. The summed E-state index contributed by atoms with van der Waals surface area (Å²) in [5, 5.41) is 2.94. The van der Waals surface area contributed by atoms with Crippen LogP contribution in [0.25, 0.3) is 0 Å². The minimum absolute atomic E-state index is 0.266. The van der Waals surface area contributed by atoms with Crippen molar-refractivity contribution in [2.75, 3.05) is 20.3 Å². The van der Waals surface area contributed by atoms with Crippen LogP contribution in [0.5, 0.6) is 0 Å². The molecule has 2 nitrogen and oxygen atoms in total. The number of ether oxygens (including phenoxy) is 1. The SMILES string of the molecule is CNC1COCCc2c(F)ccc(F)c21. The van der Waals surface area contributed by atoms with E-state index in [2.05, 4.69) is 5.32 Å². The quantitative estimate of drug-likeness (QED) is 0.768. The van der Waals surface area contributed by atoms with Crippen molar-refractivity contribution >= 4 is 0 Å². The minimum Gasteiger partial charge on any atom is -0.379 e. The van der Waals surface area contributed by atoms with Crippen molar-refractivity contribution in [1.82, 2.24) is 5.32 Å². The van der Waals surface area contributed by atoms with Crippen LogP contribution in [-0.4, -0.2) is 20.3 Å². The molecule has 1 aromatic carbocycles. The summed E-state index contributed by atoms with van der Waals surface area (Å²) in [6.45, 7) is 0.815. The topological polar surface area (TPSA) is 21.3 Å². The van der Waals surface area contributed by atoms with Crippen LogP contribution in [-0.2, 0) is 11.2 Å². The van der Waals surface area contributed by atoms with Gasteiger partial charge in [0, 0.05) is 5.56 Å². The number of likely N-dealkylation sites (N-methyl/N-ethyl adjacent to an activating group) is 1. The van der Waals surface area contributed by atoms with Gasteiger partial charge >= 0.3 is 0 Å². The molecule has 1 N–H and O–H groups in total. The molecule has 0 aliphatic carbocycles. The Kier molecular flexibility index (Phi) is 2.98. The number of fused-ring (bicyclic) bond motifs is 1. The number of benzene rings is 1. The summed E-state index contributed by atoms with van der Waals surface area (Å²) in [6.07, 6.45) is 0.428. The van der Waals surface area contributed by atoms with Crippen LogP contribution >= 0.6 is 0 Å². The van der Waals surface area contributed by atoms with Crippen LogP contribution in [0, 0.1) is 11.6 Å². The van der Waals surface area contributed by atoms with E-state index in [1.165, 1.54) is 12.1 Å². The lowest BCUT2D eigenvalue weighted by Gasteiger charge is -2.17. The molecule has 0 fully saturated rings. The molecule has 0 spiro atoms. The molecule has 15 heavy (non-hydrogen) atoms. The predicted molar refractivity (Wildman–Crippen MR) is 52.7 cm³/mol. The first-order chi connectivity index (χ1) is 7.24. The number of rotatable bonds is 1. The monoisotopic (exact) mass is 213 g/mol.